The molecule has 2 rings (SSSR count). The Morgan fingerprint density at radius 1 is 1.36 bits per heavy atom. The van der Waals surface area contributed by atoms with Crippen molar-refractivity contribution in [1.29, 1.82) is 0 Å². The number of carbonyl (C=O) groups is 1. The van der Waals surface area contributed by atoms with Crippen molar-refractivity contribution in [2.75, 3.05) is 20.2 Å². The van der Waals surface area contributed by atoms with Gasteiger partial charge in [-0.15, -0.1) is 0 Å². The van der Waals surface area contributed by atoms with Crippen molar-refractivity contribution in [3.8, 4) is 5.75 Å². The van der Waals surface area contributed by atoms with Gasteiger partial charge >= 0.3 is 11.6 Å². The van der Waals surface area contributed by atoms with Crippen molar-refractivity contribution in [2.45, 2.75) is 13.5 Å². The Labute approximate surface area is 135 Å². The summed E-state index contributed by atoms with van der Waals surface area (Å²) in [6.45, 7) is 2.51. The zero-order valence-electron chi connectivity index (χ0n) is 12.3. The highest BCUT2D eigenvalue weighted by Gasteiger charge is 2.11. The quantitative estimate of drug-likeness (QED) is 0.477. The third-order valence-corrected chi connectivity index (χ3v) is 3.54. The number of nitrogens with one attached hydrogen (secondary N) is 1. The third kappa shape index (κ3) is 4.08. The van der Waals surface area contributed by atoms with E-state index in [9.17, 15) is 9.59 Å². The number of carbonyl (C=O) groups excluding carboxylic acids is 1. The summed E-state index contributed by atoms with van der Waals surface area (Å²) in [4.78, 5) is 22.6. The summed E-state index contributed by atoms with van der Waals surface area (Å²) in [5.74, 6) is 0.169. The molecule has 0 amide bonds. The van der Waals surface area contributed by atoms with E-state index in [4.69, 9.17) is 13.9 Å². The summed E-state index contributed by atoms with van der Waals surface area (Å²) in [6.07, 6.45) is 0. The highest BCUT2D eigenvalue weighted by atomic mass is 79.9. The first kappa shape index (κ1) is 16.5. The third-order valence-electron chi connectivity index (χ3n) is 2.92. The number of halogens is 1. The predicted molar refractivity (Wildman–Crippen MR) is 85.1 cm³/mol. The van der Waals surface area contributed by atoms with E-state index in [1.807, 2.05) is 7.05 Å². The summed E-state index contributed by atoms with van der Waals surface area (Å²) < 4.78 is 16.5. The summed E-state index contributed by atoms with van der Waals surface area (Å²) in [5, 5.41) is 3.67. The fourth-order valence-electron chi connectivity index (χ4n) is 1.90. The largest absolute Gasteiger partial charge is 0.491 e. The SMILES string of the molecule is CNCCOc1cc2oc(=O)cc(COC(C)=O)c2cc1Br. The molecule has 0 radical (unpaired) electrons. The molecule has 0 spiro atoms. The Bertz CT molecular complexity index is 741. The predicted octanol–water partition coefficient (Wildman–Crippen LogP) is 2.22. The molecule has 1 heterocycles. The van der Waals surface area contributed by atoms with Crippen molar-refractivity contribution in [3.63, 3.8) is 0 Å². The minimum atomic E-state index is -0.502. The lowest BCUT2D eigenvalue weighted by Crippen LogP contribution is -2.16. The van der Waals surface area contributed by atoms with Crippen molar-refractivity contribution < 1.29 is 18.7 Å². The van der Waals surface area contributed by atoms with Gasteiger partial charge in [0.05, 0.1) is 4.47 Å². The fraction of sp³-hybridized carbons (Fsp3) is 0.333. The van der Waals surface area contributed by atoms with Crippen LogP contribution in [0.5, 0.6) is 5.75 Å². The molecule has 0 atom stereocenters. The van der Waals surface area contributed by atoms with Gasteiger partial charge in [0, 0.05) is 36.6 Å². The second kappa shape index (κ2) is 7.42. The standard InChI is InChI=1S/C15H16BrNO5/c1-9(18)21-8-10-5-15(19)22-13-7-14(20-4-3-17-2)12(16)6-11(10)13/h5-7,17H,3-4,8H2,1-2H3. The molecule has 118 valence electrons. The Morgan fingerprint density at radius 2 is 2.14 bits per heavy atom. The first-order valence-electron chi connectivity index (χ1n) is 6.68. The van der Waals surface area contributed by atoms with Gasteiger partial charge in [0.25, 0.3) is 0 Å². The van der Waals surface area contributed by atoms with Gasteiger partial charge < -0.3 is 19.2 Å². The first-order valence-corrected chi connectivity index (χ1v) is 7.47. The summed E-state index contributed by atoms with van der Waals surface area (Å²) in [5.41, 5.74) is 0.472. The van der Waals surface area contributed by atoms with Gasteiger partial charge in [-0.2, -0.15) is 0 Å². The van der Waals surface area contributed by atoms with E-state index in [1.54, 1.807) is 12.1 Å². The topological polar surface area (TPSA) is 77.8 Å². The maximum absolute atomic E-state index is 11.6. The number of likely N-dealkylation sites (N-methyl/N-ethyl adjacent to an activating group) is 1. The molecule has 22 heavy (non-hydrogen) atoms. The van der Waals surface area contributed by atoms with Gasteiger partial charge in [0.15, 0.2) is 0 Å². The van der Waals surface area contributed by atoms with E-state index >= 15 is 0 Å². The van der Waals surface area contributed by atoms with Gasteiger partial charge in [0.1, 0.15) is 24.5 Å². The van der Waals surface area contributed by atoms with Crippen molar-refractivity contribution >= 4 is 32.9 Å². The first-order chi connectivity index (χ1) is 10.5. The minimum absolute atomic E-state index is 0.0177. The van der Waals surface area contributed by atoms with Gasteiger partial charge in [-0.25, -0.2) is 4.79 Å². The van der Waals surface area contributed by atoms with Gasteiger partial charge in [0.2, 0.25) is 0 Å². The normalized spacial score (nSPS) is 10.7. The fourth-order valence-corrected chi connectivity index (χ4v) is 2.36. The van der Waals surface area contributed by atoms with Crippen LogP contribution in [0.3, 0.4) is 0 Å². The Hall–Kier alpha value is -1.86. The van der Waals surface area contributed by atoms with Crippen LogP contribution in [-0.2, 0) is 16.1 Å². The van der Waals surface area contributed by atoms with Gasteiger partial charge in [-0.1, -0.05) is 0 Å². The Kier molecular flexibility index (Phi) is 5.57. The lowest BCUT2D eigenvalue weighted by atomic mass is 10.1. The summed E-state index contributed by atoms with van der Waals surface area (Å²) in [6, 6.07) is 4.75. The average Bonchev–Trinajstić information content (AvgIpc) is 2.46. The number of hydrogen-bond donors (Lipinski definition) is 1. The average molecular weight is 370 g/mol. The molecule has 1 aromatic heterocycles. The van der Waals surface area contributed by atoms with E-state index in [-0.39, 0.29) is 6.61 Å². The molecule has 6 nitrogen and oxygen atoms in total. The van der Waals surface area contributed by atoms with E-state index < -0.39 is 11.6 Å². The van der Waals surface area contributed by atoms with Crippen LogP contribution in [0.1, 0.15) is 12.5 Å². The lowest BCUT2D eigenvalue weighted by Gasteiger charge is -2.11. The van der Waals surface area contributed by atoms with Crippen LogP contribution >= 0.6 is 15.9 Å². The zero-order valence-corrected chi connectivity index (χ0v) is 13.9. The molecule has 1 N–H and O–H groups in total. The van der Waals surface area contributed by atoms with Crippen LogP contribution in [0.4, 0.5) is 0 Å². The molecule has 1 aromatic carbocycles. The molecule has 0 aliphatic rings. The Balaban J connectivity index is 2.40. The minimum Gasteiger partial charge on any atom is -0.491 e. The molecular weight excluding hydrogens is 354 g/mol. The van der Waals surface area contributed by atoms with Crippen LogP contribution < -0.4 is 15.7 Å². The molecule has 0 unspecified atom stereocenters. The number of fused-ring (bicyclic) bond motifs is 1. The van der Waals surface area contributed by atoms with Crippen LogP contribution in [-0.4, -0.2) is 26.2 Å². The van der Waals surface area contributed by atoms with Gasteiger partial charge in [-0.3, -0.25) is 4.79 Å². The van der Waals surface area contributed by atoms with Gasteiger partial charge in [-0.05, 0) is 29.0 Å². The van der Waals surface area contributed by atoms with Crippen LogP contribution in [0, 0.1) is 0 Å². The molecule has 0 aliphatic heterocycles. The molecule has 0 saturated heterocycles. The highest BCUT2D eigenvalue weighted by molar-refractivity contribution is 9.10. The lowest BCUT2D eigenvalue weighted by molar-refractivity contribution is -0.142. The van der Waals surface area contributed by atoms with E-state index in [0.717, 1.165) is 4.47 Å². The van der Waals surface area contributed by atoms with E-state index in [1.165, 1.54) is 13.0 Å². The summed E-state index contributed by atoms with van der Waals surface area (Å²) >= 11 is 3.43. The Morgan fingerprint density at radius 3 is 2.82 bits per heavy atom. The monoisotopic (exact) mass is 369 g/mol. The molecule has 2 aromatic rings. The van der Waals surface area contributed by atoms with E-state index in [2.05, 4.69) is 21.2 Å². The number of ether oxygens (including phenoxy) is 2. The van der Waals surface area contributed by atoms with Crippen LogP contribution in [0.25, 0.3) is 11.0 Å². The second-order valence-corrected chi connectivity index (χ2v) is 5.46. The zero-order chi connectivity index (χ0) is 16.1. The maximum atomic E-state index is 11.6. The number of hydrogen-bond acceptors (Lipinski definition) is 6. The molecule has 0 saturated carbocycles. The van der Waals surface area contributed by atoms with Crippen molar-refractivity contribution in [2.24, 2.45) is 0 Å². The molecule has 0 bridgehead atoms. The smallest absolute Gasteiger partial charge is 0.336 e. The number of rotatable bonds is 6. The van der Waals surface area contributed by atoms with Crippen LogP contribution in [0.15, 0.2) is 31.9 Å². The number of esters is 1. The number of benzene rings is 1. The molecule has 0 aliphatic carbocycles. The molecule has 0 fully saturated rings. The van der Waals surface area contributed by atoms with Crippen LogP contribution in [0.2, 0.25) is 0 Å². The van der Waals surface area contributed by atoms with Crippen molar-refractivity contribution in [1.82, 2.24) is 5.32 Å². The maximum Gasteiger partial charge on any atom is 0.336 e. The highest BCUT2D eigenvalue weighted by Crippen LogP contribution is 2.31. The second-order valence-electron chi connectivity index (χ2n) is 4.60. The summed E-state index contributed by atoms with van der Waals surface area (Å²) in [7, 11) is 1.83. The van der Waals surface area contributed by atoms with E-state index in [0.29, 0.717) is 35.4 Å². The molecule has 7 heteroatoms. The molecular formula is C15H16BrNO5. The van der Waals surface area contributed by atoms with Crippen molar-refractivity contribution in [3.05, 3.63) is 38.7 Å².